The molecular weight excluding hydrogens is 236 g/mol. The molecule has 0 aliphatic carbocycles. The largest absolute Gasteiger partial charge is 0.469 e. The number of hydrogen-bond donors (Lipinski definition) is 2. The number of esters is 1. The first-order valence-electron chi connectivity index (χ1n) is 5.71. The lowest BCUT2D eigenvalue weighted by Gasteiger charge is -2.14. The summed E-state index contributed by atoms with van der Waals surface area (Å²) in [6.45, 7) is 2.82. The molecule has 0 radical (unpaired) electrons. The molecule has 98 valence electrons. The van der Waals surface area contributed by atoms with E-state index < -0.39 is 0 Å². The van der Waals surface area contributed by atoms with Gasteiger partial charge in [-0.25, -0.2) is 0 Å². The van der Waals surface area contributed by atoms with E-state index in [4.69, 9.17) is 10.5 Å². The highest BCUT2D eigenvalue weighted by atomic mass is 16.5. The van der Waals surface area contributed by atoms with Gasteiger partial charge in [0.15, 0.2) is 0 Å². The number of nitrogen functional groups attached to an aromatic ring is 1. The molecule has 3 N–H and O–H groups in total. The quantitative estimate of drug-likeness (QED) is 0.714. The number of carbonyl (C=O) groups excluding carboxylic acids is 2. The average Bonchev–Trinajstić information content (AvgIpc) is 2.94. The highest BCUT2D eigenvalue weighted by Crippen LogP contribution is 2.25. The zero-order chi connectivity index (χ0) is 13.3. The third-order valence-corrected chi connectivity index (χ3v) is 3.23. The number of aromatic amines is 1. The van der Waals surface area contributed by atoms with Crippen molar-refractivity contribution in [3.63, 3.8) is 0 Å². The van der Waals surface area contributed by atoms with E-state index in [1.807, 2.05) is 6.92 Å². The highest BCUT2D eigenvalue weighted by molar-refractivity contribution is 5.93. The van der Waals surface area contributed by atoms with Crippen LogP contribution in [0.25, 0.3) is 0 Å². The van der Waals surface area contributed by atoms with Crippen LogP contribution in [0.4, 0.5) is 5.82 Å². The Morgan fingerprint density at radius 1 is 1.56 bits per heavy atom. The standard InChI is InChI=1S/C11H16N4O3/c1-6-4-15(5-7(6)11(17)18-2)10(16)8-3-9(12)14-13-8/h3,6-7H,4-5H2,1-2H3,(H3,12,13,14). The first-order chi connectivity index (χ1) is 8.52. The Hall–Kier alpha value is -2.05. The zero-order valence-electron chi connectivity index (χ0n) is 10.3. The number of nitrogens with one attached hydrogen (secondary N) is 1. The molecule has 1 amide bonds. The summed E-state index contributed by atoms with van der Waals surface area (Å²) in [5.74, 6) is -0.379. The fourth-order valence-electron chi connectivity index (χ4n) is 2.21. The molecular formula is C11H16N4O3. The molecule has 1 aliphatic rings. The summed E-state index contributed by atoms with van der Waals surface area (Å²) >= 11 is 0. The first kappa shape index (κ1) is 12.4. The van der Waals surface area contributed by atoms with E-state index in [0.29, 0.717) is 18.8 Å². The van der Waals surface area contributed by atoms with Crippen molar-refractivity contribution in [2.75, 3.05) is 25.9 Å². The van der Waals surface area contributed by atoms with Crippen LogP contribution >= 0.6 is 0 Å². The van der Waals surface area contributed by atoms with Crippen LogP contribution < -0.4 is 5.73 Å². The number of hydrogen-bond acceptors (Lipinski definition) is 5. The number of aromatic nitrogens is 2. The lowest BCUT2D eigenvalue weighted by molar-refractivity contribution is -0.146. The van der Waals surface area contributed by atoms with Gasteiger partial charge in [-0.15, -0.1) is 0 Å². The number of methoxy groups -OCH3 is 1. The van der Waals surface area contributed by atoms with Gasteiger partial charge in [0, 0.05) is 19.2 Å². The van der Waals surface area contributed by atoms with E-state index in [9.17, 15) is 9.59 Å². The van der Waals surface area contributed by atoms with Crippen molar-refractivity contribution in [1.82, 2.24) is 15.1 Å². The smallest absolute Gasteiger partial charge is 0.310 e. The average molecular weight is 252 g/mol. The Morgan fingerprint density at radius 2 is 2.28 bits per heavy atom. The number of amides is 1. The van der Waals surface area contributed by atoms with Crippen molar-refractivity contribution in [3.05, 3.63) is 11.8 Å². The van der Waals surface area contributed by atoms with Crippen molar-refractivity contribution < 1.29 is 14.3 Å². The van der Waals surface area contributed by atoms with Crippen molar-refractivity contribution in [3.8, 4) is 0 Å². The second-order valence-electron chi connectivity index (χ2n) is 4.52. The van der Waals surface area contributed by atoms with Crippen LogP contribution in [0.2, 0.25) is 0 Å². The van der Waals surface area contributed by atoms with Gasteiger partial charge in [-0.3, -0.25) is 14.7 Å². The molecule has 2 rings (SSSR count). The number of nitrogens with two attached hydrogens (primary N) is 1. The predicted octanol–water partition coefficient (Wildman–Crippen LogP) is -0.127. The number of likely N-dealkylation sites (tertiary alicyclic amines) is 1. The fourth-order valence-corrected chi connectivity index (χ4v) is 2.21. The lowest BCUT2D eigenvalue weighted by Crippen LogP contribution is -2.30. The number of ether oxygens (including phenoxy) is 1. The normalized spacial score (nSPS) is 23.1. The lowest BCUT2D eigenvalue weighted by atomic mass is 9.99. The van der Waals surface area contributed by atoms with E-state index in [1.54, 1.807) is 4.90 Å². The van der Waals surface area contributed by atoms with Gasteiger partial charge in [0.05, 0.1) is 13.0 Å². The van der Waals surface area contributed by atoms with Crippen LogP contribution in [0, 0.1) is 11.8 Å². The van der Waals surface area contributed by atoms with E-state index in [1.165, 1.54) is 13.2 Å². The van der Waals surface area contributed by atoms with Crippen LogP contribution in [-0.2, 0) is 9.53 Å². The first-order valence-corrected chi connectivity index (χ1v) is 5.71. The summed E-state index contributed by atoms with van der Waals surface area (Å²) < 4.78 is 4.73. The summed E-state index contributed by atoms with van der Waals surface area (Å²) in [6.07, 6.45) is 0. The molecule has 1 aliphatic heterocycles. The summed E-state index contributed by atoms with van der Waals surface area (Å²) in [5, 5.41) is 6.28. The maximum absolute atomic E-state index is 12.1. The number of H-pyrrole nitrogens is 1. The van der Waals surface area contributed by atoms with Crippen molar-refractivity contribution >= 4 is 17.7 Å². The molecule has 2 heterocycles. The van der Waals surface area contributed by atoms with Gasteiger partial charge in [0.1, 0.15) is 11.5 Å². The zero-order valence-corrected chi connectivity index (χ0v) is 10.3. The van der Waals surface area contributed by atoms with Crippen molar-refractivity contribution in [1.29, 1.82) is 0 Å². The summed E-state index contributed by atoms with van der Waals surface area (Å²) in [4.78, 5) is 25.3. The third-order valence-electron chi connectivity index (χ3n) is 3.23. The predicted molar refractivity (Wildman–Crippen MR) is 63.6 cm³/mol. The Bertz CT molecular complexity index is 471. The molecule has 0 spiro atoms. The second-order valence-corrected chi connectivity index (χ2v) is 4.52. The molecule has 0 saturated carbocycles. The Kier molecular flexibility index (Phi) is 3.22. The Labute approximate surface area is 104 Å². The number of nitrogens with zero attached hydrogens (tertiary/aromatic N) is 2. The van der Waals surface area contributed by atoms with Crippen LogP contribution in [-0.4, -0.2) is 47.2 Å². The monoisotopic (exact) mass is 252 g/mol. The molecule has 1 saturated heterocycles. The minimum atomic E-state index is -0.276. The second kappa shape index (κ2) is 4.67. The SMILES string of the molecule is COC(=O)C1CN(C(=O)c2cc(N)n[nH]2)CC1C. The number of carbonyl (C=O) groups is 2. The molecule has 2 unspecified atom stereocenters. The summed E-state index contributed by atoms with van der Waals surface area (Å²) in [6, 6.07) is 1.48. The van der Waals surface area contributed by atoms with Gasteiger partial charge in [0.2, 0.25) is 0 Å². The number of anilines is 1. The van der Waals surface area contributed by atoms with E-state index in [0.717, 1.165) is 0 Å². The molecule has 1 aromatic rings. The highest BCUT2D eigenvalue weighted by Gasteiger charge is 2.38. The van der Waals surface area contributed by atoms with Crippen LogP contribution in [0.1, 0.15) is 17.4 Å². The van der Waals surface area contributed by atoms with Gasteiger partial charge < -0.3 is 15.4 Å². The van der Waals surface area contributed by atoms with Gasteiger partial charge in [0.25, 0.3) is 5.91 Å². The van der Waals surface area contributed by atoms with Crippen LogP contribution in [0.5, 0.6) is 0 Å². The topological polar surface area (TPSA) is 101 Å². The molecule has 1 aromatic heterocycles. The van der Waals surface area contributed by atoms with E-state index >= 15 is 0 Å². The molecule has 7 nitrogen and oxygen atoms in total. The minimum Gasteiger partial charge on any atom is -0.469 e. The van der Waals surface area contributed by atoms with E-state index in [2.05, 4.69) is 10.2 Å². The van der Waals surface area contributed by atoms with Gasteiger partial charge in [-0.05, 0) is 5.92 Å². The van der Waals surface area contributed by atoms with Crippen molar-refractivity contribution in [2.24, 2.45) is 11.8 Å². The van der Waals surface area contributed by atoms with Crippen molar-refractivity contribution in [2.45, 2.75) is 6.92 Å². The molecule has 1 fully saturated rings. The maximum Gasteiger partial charge on any atom is 0.310 e. The number of rotatable bonds is 2. The maximum atomic E-state index is 12.1. The molecule has 18 heavy (non-hydrogen) atoms. The van der Waals surface area contributed by atoms with E-state index in [-0.39, 0.29) is 29.5 Å². The van der Waals surface area contributed by atoms with Gasteiger partial charge in [-0.1, -0.05) is 6.92 Å². The third kappa shape index (κ3) is 2.15. The molecule has 0 aromatic carbocycles. The molecule has 0 bridgehead atoms. The summed E-state index contributed by atoms with van der Waals surface area (Å²) in [7, 11) is 1.36. The van der Waals surface area contributed by atoms with Gasteiger partial charge >= 0.3 is 5.97 Å². The Morgan fingerprint density at radius 3 is 2.83 bits per heavy atom. The molecule has 2 atom stereocenters. The van der Waals surface area contributed by atoms with Gasteiger partial charge in [-0.2, -0.15) is 5.10 Å². The summed E-state index contributed by atoms with van der Waals surface area (Å²) in [5.41, 5.74) is 5.79. The minimum absolute atomic E-state index is 0.0849. The van der Waals surface area contributed by atoms with Crippen LogP contribution in [0.15, 0.2) is 6.07 Å². The van der Waals surface area contributed by atoms with Crippen LogP contribution in [0.3, 0.4) is 0 Å². The Balaban J connectivity index is 2.08. The fraction of sp³-hybridized carbons (Fsp3) is 0.545. The molecule has 7 heteroatoms.